The third-order valence-corrected chi connectivity index (χ3v) is 2.86. The van der Waals surface area contributed by atoms with Crippen LogP contribution in [0.25, 0.3) is 0 Å². The number of hydrogen-bond acceptors (Lipinski definition) is 3. The van der Waals surface area contributed by atoms with E-state index in [0.717, 1.165) is 11.3 Å². The van der Waals surface area contributed by atoms with Gasteiger partial charge in [-0.1, -0.05) is 35.5 Å². The topological polar surface area (TPSA) is 59.8 Å². The van der Waals surface area contributed by atoms with Crippen molar-refractivity contribution in [3.05, 3.63) is 47.3 Å². The van der Waals surface area contributed by atoms with Gasteiger partial charge in [-0.2, -0.15) is 0 Å². The van der Waals surface area contributed by atoms with Gasteiger partial charge in [-0.15, -0.1) is 5.10 Å². The normalized spacial score (nSPS) is 11.4. The van der Waals surface area contributed by atoms with E-state index in [-0.39, 0.29) is 11.4 Å². The maximum absolute atomic E-state index is 12.1. The molecular formula is C15H20N4O. The summed E-state index contributed by atoms with van der Waals surface area (Å²) in [7, 11) is 0. The highest BCUT2D eigenvalue weighted by molar-refractivity contribution is 5.93. The van der Waals surface area contributed by atoms with Crippen molar-refractivity contribution in [1.82, 2.24) is 20.3 Å². The molecule has 0 atom stereocenters. The van der Waals surface area contributed by atoms with Crippen LogP contribution in [0.1, 0.15) is 42.5 Å². The monoisotopic (exact) mass is 272 g/mol. The zero-order valence-corrected chi connectivity index (χ0v) is 12.3. The Morgan fingerprint density at radius 2 is 1.90 bits per heavy atom. The standard InChI is InChI=1S/C15H20N4O/c1-11-13(14(20)16-15(2,3)4)17-18-19(11)10-12-8-6-5-7-9-12/h5-9H,10H2,1-4H3,(H,16,20). The second kappa shape index (κ2) is 5.45. The van der Waals surface area contributed by atoms with Crippen LogP contribution in [-0.4, -0.2) is 26.4 Å². The van der Waals surface area contributed by atoms with Gasteiger partial charge in [0.25, 0.3) is 5.91 Å². The molecule has 106 valence electrons. The van der Waals surface area contributed by atoms with Crippen molar-refractivity contribution < 1.29 is 4.79 Å². The van der Waals surface area contributed by atoms with E-state index in [2.05, 4.69) is 15.6 Å². The number of rotatable bonds is 3. The highest BCUT2D eigenvalue weighted by Crippen LogP contribution is 2.09. The van der Waals surface area contributed by atoms with Gasteiger partial charge < -0.3 is 5.32 Å². The first-order chi connectivity index (χ1) is 9.37. The Kier molecular flexibility index (Phi) is 3.88. The molecule has 1 N–H and O–H groups in total. The summed E-state index contributed by atoms with van der Waals surface area (Å²) >= 11 is 0. The first-order valence-corrected chi connectivity index (χ1v) is 6.63. The summed E-state index contributed by atoms with van der Waals surface area (Å²) in [5, 5.41) is 11.0. The van der Waals surface area contributed by atoms with Crippen molar-refractivity contribution in [2.75, 3.05) is 0 Å². The fourth-order valence-electron chi connectivity index (χ4n) is 1.88. The van der Waals surface area contributed by atoms with E-state index >= 15 is 0 Å². The molecule has 0 bridgehead atoms. The lowest BCUT2D eigenvalue weighted by Gasteiger charge is -2.19. The summed E-state index contributed by atoms with van der Waals surface area (Å²) in [6.07, 6.45) is 0. The molecule has 1 aromatic carbocycles. The van der Waals surface area contributed by atoms with Gasteiger partial charge in [-0.25, -0.2) is 4.68 Å². The Labute approximate surface area is 119 Å². The molecule has 2 aromatic rings. The zero-order valence-electron chi connectivity index (χ0n) is 12.3. The van der Waals surface area contributed by atoms with Crippen LogP contribution in [-0.2, 0) is 6.54 Å². The lowest BCUT2D eigenvalue weighted by atomic mass is 10.1. The van der Waals surface area contributed by atoms with Crippen molar-refractivity contribution in [3.63, 3.8) is 0 Å². The summed E-state index contributed by atoms with van der Waals surface area (Å²) < 4.78 is 1.74. The van der Waals surface area contributed by atoms with Gasteiger partial charge in [-0.3, -0.25) is 4.79 Å². The highest BCUT2D eigenvalue weighted by atomic mass is 16.2. The molecule has 1 amide bonds. The fraction of sp³-hybridized carbons (Fsp3) is 0.400. The van der Waals surface area contributed by atoms with E-state index in [4.69, 9.17) is 0 Å². The van der Waals surface area contributed by atoms with Gasteiger partial charge >= 0.3 is 0 Å². The van der Waals surface area contributed by atoms with Crippen molar-refractivity contribution in [2.24, 2.45) is 0 Å². The molecule has 0 aliphatic carbocycles. The highest BCUT2D eigenvalue weighted by Gasteiger charge is 2.21. The van der Waals surface area contributed by atoms with Crippen molar-refractivity contribution >= 4 is 5.91 Å². The molecule has 0 radical (unpaired) electrons. The van der Waals surface area contributed by atoms with Crippen LogP contribution in [0.3, 0.4) is 0 Å². The molecule has 0 fully saturated rings. The number of benzene rings is 1. The van der Waals surface area contributed by atoms with Crippen LogP contribution in [0.4, 0.5) is 0 Å². The molecule has 0 spiro atoms. The number of nitrogens with one attached hydrogen (secondary N) is 1. The Balaban J connectivity index is 2.17. The zero-order chi connectivity index (χ0) is 14.8. The van der Waals surface area contributed by atoms with E-state index in [1.165, 1.54) is 0 Å². The first-order valence-electron chi connectivity index (χ1n) is 6.63. The predicted molar refractivity (Wildman–Crippen MR) is 77.5 cm³/mol. The first kappa shape index (κ1) is 14.2. The van der Waals surface area contributed by atoms with E-state index in [9.17, 15) is 4.79 Å². The van der Waals surface area contributed by atoms with Crippen LogP contribution >= 0.6 is 0 Å². The second-order valence-corrected chi connectivity index (χ2v) is 5.87. The molecule has 0 saturated heterocycles. The number of nitrogens with zero attached hydrogens (tertiary/aromatic N) is 3. The van der Waals surface area contributed by atoms with Gasteiger partial charge in [0, 0.05) is 5.54 Å². The average Bonchev–Trinajstić information content (AvgIpc) is 2.70. The average molecular weight is 272 g/mol. The molecule has 0 aliphatic heterocycles. The third-order valence-electron chi connectivity index (χ3n) is 2.86. The summed E-state index contributed by atoms with van der Waals surface area (Å²) in [6.45, 7) is 8.29. The minimum atomic E-state index is -0.285. The molecule has 5 heteroatoms. The van der Waals surface area contributed by atoms with Crippen molar-refractivity contribution in [3.8, 4) is 0 Å². The fourth-order valence-corrected chi connectivity index (χ4v) is 1.88. The Hall–Kier alpha value is -2.17. The van der Waals surface area contributed by atoms with Gasteiger partial charge in [0.15, 0.2) is 5.69 Å². The predicted octanol–water partition coefficient (Wildman–Crippen LogP) is 2.16. The van der Waals surface area contributed by atoms with Gasteiger partial charge in [0.1, 0.15) is 0 Å². The van der Waals surface area contributed by atoms with Crippen molar-refractivity contribution in [2.45, 2.75) is 39.8 Å². The Morgan fingerprint density at radius 1 is 1.25 bits per heavy atom. The van der Waals surface area contributed by atoms with E-state index in [1.807, 2.05) is 58.0 Å². The molecule has 5 nitrogen and oxygen atoms in total. The summed E-state index contributed by atoms with van der Waals surface area (Å²) in [5.41, 5.74) is 2.00. The number of carbonyl (C=O) groups excluding carboxylic acids is 1. The van der Waals surface area contributed by atoms with E-state index in [1.54, 1.807) is 4.68 Å². The maximum Gasteiger partial charge on any atom is 0.274 e. The van der Waals surface area contributed by atoms with E-state index in [0.29, 0.717) is 12.2 Å². The number of hydrogen-bond donors (Lipinski definition) is 1. The largest absolute Gasteiger partial charge is 0.346 e. The molecule has 0 unspecified atom stereocenters. The summed E-state index contributed by atoms with van der Waals surface area (Å²) in [4.78, 5) is 12.1. The SMILES string of the molecule is Cc1c(C(=O)NC(C)(C)C)nnn1Cc1ccccc1. The Bertz CT molecular complexity index is 596. The van der Waals surface area contributed by atoms with Gasteiger partial charge in [0.05, 0.1) is 12.2 Å². The summed E-state index contributed by atoms with van der Waals surface area (Å²) in [6, 6.07) is 9.98. The number of amides is 1. The van der Waals surface area contributed by atoms with Crippen LogP contribution in [0.5, 0.6) is 0 Å². The molecule has 1 heterocycles. The van der Waals surface area contributed by atoms with Crippen LogP contribution in [0.15, 0.2) is 30.3 Å². The maximum atomic E-state index is 12.1. The summed E-state index contributed by atoms with van der Waals surface area (Å²) in [5.74, 6) is -0.186. The molecule has 0 saturated carbocycles. The number of aromatic nitrogens is 3. The minimum Gasteiger partial charge on any atom is -0.346 e. The Morgan fingerprint density at radius 3 is 2.50 bits per heavy atom. The van der Waals surface area contributed by atoms with Crippen LogP contribution in [0.2, 0.25) is 0 Å². The molecular weight excluding hydrogens is 252 g/mol. The quantitative estimate of drug-likeness (QED) is 0.931. The molecule has 2 rings (SSSR count). The second-order valence-electron chi connectivity index (χ2n) is 5.87. The lowest BCUT2D eigenvalue weighted by Crippen LogP contribution is -2.41. The van der Waals surface area contributed by atoms with Crippen LogP contribution in [0, 0.1) is 6.92 Å². The third kappa shape index (κ3) is 3.44. The smallest absolute Gasteiger partial charge is 0.274 e. The molecule has 20 heavy (non-hydrogen) atoms. The van der Waals surface area contributed by atoms with Crippen molar-refractivity contribution in [1.29, 1.82) is 0 Å². The van der Waals surface area contributed by atoms with Gasteiger partial charge in [-0.05, 0) is 33.3 Å². The molecule has 0 aliphatic rings. The molecule has 1 aromatic heterocycles. The number of carbonyl (C=O) groups is 1. The van der Waals surface area contributed by atoms with Crippen LogP contribution < -0.4 is 5.32 Å². The van der Waals surface area contributed by atoms with E-state index < -0.39 is 0 Å². The van der Waals surface area contributed by atoms with Gasteiger partial charge in [0.2, 0.25) is 0 Å². The minimum absolute atomic E-state index is 0.186. The lowest BCUT2D eigenvalue weighted by molar-refractivity contribution is 0.0913.